The molecule has 0 aliphatic carbocycles. The van der Waals surface area contributed by atoms with Gasteiger partial charge in [-0.3, -0.25) is 0 Å². The molecule has 1 unspecified atom stereocenters. The molecule has 13 heavy (non-hydrogen) atoms. The molecule has 1 fully saturated rings. The Hall–Kier alpha value is -1.10. The van der Waals surface area contributed by atoms with Crippen LogP contribution in [0, 0.1) is 0 Å². The van der Waals surface area contributed by atoms with E-state index in [1.54, 1.807) is 13.8 Å². The summed E-state index contributed by atoms with van der Waals surface area (Å²) in [5, 5.41) is 0. The predicted octanol–water partition coefficient (Wildman–Crippen LogP) is -0.418. The second-order valence-electron chi connectivity index (χ2n) is 3.31. The minimum absolute atomic E-state index is 0.183. The molecule has 2 N–H and O–H groups in total. The van der Waals surface area contributed by atoms with Crippen molar-refractivity contribution in [1.29, 1.82) is 0 Å². The van der Waals surface area contributed by atoms with E-state index in [9.17, 15) is 9.59 Å². The molecule has 1 aliphatic rings. The van der Waals surface area contributed by atoms with Crippen molar-refractivity contribution in [3.63, 3.8) is 0 Å². The van der Waals surface area contributed by atoms with Crippen molar-refractivity contribution >= 4 is 11.9 Å². The Morgan fingerprint density at radius 3 is 2.69 bits per heavy atom. The molecule has 0 aromatic rings. The molecule has 0 aromatic carbocycles. The first kappa shape index (κ1) is 9.98. The van der Waals surface area contributed by atoms with Crippen LogP contribution in [-0.4, -0.2) is 30.2 Å². The van der Waals surface area contributed by atoms with E-state index in [0.717, 1.165) is 0 Å². The van der Waals surface area contributed by atoms with Crippen LogP contribution < -0.4 is 5.73 Å². The first-order chi connectivity index (χ1) is 5.97. The molecule has 1 atom stereocenters. The zero-order valence-electron chi connectivity index (χ0n) is 7.70. The van der Waals surface area contributed by atoms with E-state index in [2.05, 4.69) is 4.74 Å². The van der Waals surface area contributed by atoms with Gasteiger partial charge in [-0.05, 0) is 13.8 Å². The number of esters is 2. The van der Waals surface area contributed by atoms with Gasteiger partial charge in [0.25, 0.3) is 0 Å². The molecule has 0 spiro atoms. The molecule has 5 heteroatoms. The molecular weight excluding hydrogens is 174 g/mol. The largest absolute Gasteiger partial charge is 0.464 e. The standard InChI is InChI=1S/C8H13NO4/c1-5(2)13-7(11)8(9)3-4-12-6(8)10/h5H,3-4,9H2,1-2H3. The van der Waals surface area contributed by atoms with Crippen molar-refractivity contribution in [3.8, 4) is 0 Å². The number of hydrogen-bond donors (Lipinski definition) is 1. The molecule has 1 saturated heterocycles. The van der Waals surface area contributed by atoms with E-state index in [1.165, 1.54) is 0 Å². The summed E-state index contributed by atoms with van der Waals surface area (Å²) in [6.07, 6.45) is -0.0847. The fraction of sp³-hybridized carbons (Fsp3) is 0.750. The van der Waals surface area contributed by atoms with Crippen molar-refractivity contribution in [2.75, 3.05) is 6.61 Å². The summed E-state index contributed by atoms with van der Waals surface area (Å²) in [7, 11) is 0. The summed E-state index contributed by atoms with van der Waals surface area (Å²) in [5.41, 5.74) is 3.97. The molecule has 0 bridgehead atoms. The van der Waals surface area contributed by atoms with Gasteiger partial charge in [0.2, 0.25) is 5.54 Å². The lowest BCUT2D eigenvalue weighted by Gasteiger charge is -2.18. The number of carbonyl (C=O) groups is 2. The van der Waals surface area contributed by atoms with Gasteiger partial charge in [-0.15, -0.1) is 0 Å². The van der Waals surface area contributed by atoms with Gasteiger partial charge in [0.1, 0.15) is 0 Å². The Morgan fingerprint density at radius 1 is 1.69 bits per heavy atom. The van der Waals surface area contributed by atoms with E-state index in [4.69, 9.17) is 10.5 Å². The predicted molar refractivity (Wildman–Crippen MR) is 43.7 cm³/mol. The van der Waals surface area contributed by atoms with Crippen LogP contribution in [0.4, 0.5) is 0 Å². The van der Waals surface area contributed by atoms with Gasteiger partial charge in [-0.2, -0.15) is 0 Å². The molecule has 0 aromatic heterocycles. The van der Waals surface area contributed by atoms with E-state index >= 15 is 0 Å². The number of carbonyl (C=O) groups excluding carboxylic acids is 2. The van der Waals surface area contributed by atoms with Gasteiger partial charge in [-0.1, -0.05) is 0 Å². The Kier molecular flexibility index (Phi) is 2.56. The van der Waals surface area contributed by atoms with Crippen molar-refractivity contribution < 1.29 is 19.1 Å². The fourth-order valence-corrected chi connectivity index (χ4v) is 1.04. The summed E-state index contributed by atoms with van der Waals surface area (Å²) in [6.45, 7) is 3.58. The van der Waals surface area contributed by atoms with Crippen LogP contribution in [0.15, 0.2) is 0 Å². The minimum atomic E-state index is -1.58. The molecule has 0 radical (unpaired) electrons. The maximum Gasteiger partial charge on any atom is 0.338 e. The first-order valence-corrected chi connectivity index (χ1v) is 4.14. The maximum absolute atomic E-state index is 11.3. The third kappa shape index (κ3) is 1.80. The highest BCUT2D eigenvalue weighted by molar-refractivity contribution is 6.05. The summed E-state index contributed by atoms with van der Waals surface area (Å²) in [4.78, 5) is 22.4. The zero-order chi connectivity index (χ0) is 10.1. The minimum Gasteiger partial charge on any atom is -0.464 e. The highest BCUT2D eigenvalue weighted by atomic mass is 16.6. The average molecular weight is 187 g/mol. The Balaban J connectivity index is 2.69. The van der Waals surface area contributed by atoms with Crippen LogP contribution in [0.1, 0.15) is 20.3 Å². The van der Waals surface area contributed by atoms with Crippen molar-refractivity contribution in [3.05, 3.63) is 0 Å². The number of rotatable bonds is 2. The van der Waals surface area contributed by atoms with E-state index in [1.807, 2.05) is 0 Å². The smallest absolute Gasteiger partial charge is 0.338 e. The number of nitrogens with two attached hydrogens (primary N) is 1. The lowest BCUT2D eigenvalue weighted by molar-refractivity contribution is -0.160. The molecule has 1 heterocycles. The maximum atomic E-state index is 11.3. The average Bonchev–Trinajstić information content (AvgIpc) is 2.32. The Bertz CT molecular complexity index is 238. The molecule has 1 rings (SSSR count). The third-order valence-corrected chi connectivity index (χ3v) is 1.80. The summed E-state index contributed by atoms with van der Waals surface area (Å²) in [5.74, 6) is -1.40. The van der Waals surface area contributed by atoms with Crippen LogP contribution in [0.2, 0.25) is 0 Å². The second kappa shape index (κ2) is 3.33. The molecular formula is C8H13NO4. The second-order valence-corrected chi connectivity index (χ2v) is 3.31. The van der Waals surface area contributed by atoms with E-state index in [0.29, 0.717) is 0 Å². The van der Waals surface area contributed by atoms with Gasteiger partial charge in [0.05, 0.1) is 12.7 Å². The normalized spacial score (nSPS) is 27.5. The SMILES string of the molecule is CC(C)OC(=O)C1(N)CCOC1=O. The van der Waals surface area contributed by atoms with Gasteiger partial charge < -0.3 is 15.2 Å². The highest BCUT2D eigenvalue weighted by Gasteiger charge is 2.49. The molecule has 0 amide bonds. The summed E-state index contributed by atoms with van der Waals surface area (Å²) >= 11 is 0. The highest BCUT2D eigenvalue weighted by Crippen LogP contribution is 2.19. The first-order valence-electron chi connectivity index (χ1n) is 4.14. The lowest BCUT2D eigenvalue weighted by Crippen LogP contribution is -2.53. The molecule has 74 valence electrons. The van der Waals surface area contributed by atoms with Crippen LogP contribution in [0.5, 0.6) is 0 Å². The van der Waals surface area contributed by atoms with Gasteiger partial charge >= 0.3 is 11.9 Å². The fourth-order valence-electron chi connectivity index (χ4n) is 1.04. The topological polar surface area (TPSA) is 78.6 Å². The molecule has 0 saturated carbocycles. The van der Waals surface area contributed by atoms with Crippen LogP contribution in [-0.2, 0) is 19.1 Å². The van der Waals surface area contributed by atoms with Gasteiger partial charge in [0, 0.05) is 6.42 Å². The van der Waals surface area contributed by atoms with Crippen molar-refractivity contribution in [1.82, 2.24) is 0 Å². The Morgan fingerprint density at radius 2 is 2.31 bits per heavy atom. The molecule has 5 nitrogen and oxygen atoms in total. The summed E-state index contributed by atoms with van der Waals surface area (Å²) in [6, 6.07) is 0. The number of hydrogen-bond acceptors (Lipinski definition) is 5. The summed E-state index contributed by atoms with van der Waals surface area (Å²) < 4.78 is 9.45. The van der Waals surface area contributed by atoms with Gasteiger partial charge in [-0.25, -0.2) is 9.59 Å². The monoisotopic (exact) mass is 187 g/mol. The van der Waals surface area contributed by atoms with E-state index in [-0.39, 0.29) is 19.1 Å². The number of ether oxygens (including phenoxy) is 2. The quantitative estimate of drug-likeness (QED) is 0.469. The Labute approximate surface area is 76.2 Å². The van der Waals surface area contributed by atoms with Crippen molar-refractivity contribution in [2.24, 2.45) is 5.73 Å². The van der Waals surface area contributed by atoms with Crippen molar-refractivity contribution in [2.45, 2.75) is 31.9 Å². The van der Waals surface area contributed by atoms with Crippen LogP contribution in [0.3, 0.4) is 0 Å². The molecule has 1 aliphatic heterocycles. The van der Waals surface area contributed by atoms with E-state index < -0.39 is 17.5 Å². The van der Waals surface area contributed by atoms with Gasteiger partial charge in [0.15, 0.2) is 0 Å². The van der Waals surface area contributed by atoms with Crippen LogP contribution in [0.25, 0.3) is 0 Å². The lowest BCUT2D eigenvalue weighted by atomic mass is 10.00. The number of cyclic esters (lactones) is 1. The third-order valence-electron chi connectivity index (χ3n) is 1.80. The zero-order valence-corrected chi connectivity index (χ0v) is 7.70. The van der Waals surface area contributed by atoms with Crippen LogP contribution >= 0.6 is 0 Å².